The van der Waals surface area contributed by atoms with E-state index < -0.39 is 0 Å². The minimum Gasteiger partial charge on any atom is -0.310 e. The largest absolute Gasteiger partial charge is 0.310 e. The number of rotatable bonds is 3. The van der Waals surface area contributed by atoms with Crippen LogP contribution in [0.2, 0.25) is 0 Å². The summed E-state index contributed by atoms with van der Waals surface area (Å²) in [5, 5.41) is 3.63. The zero-order valence-corrected chi connectivity index (χ0v) is 10.6. The Balaban J connectivity index is 2.33. The Labute approximate surface area is 99.3 Å². The SMILES string of the molecule is CCNC1CCCCc2ccc(CC)cc21. The number of benzene rings is 1. The standard InChI is InChI=1S/C15H23N/c1-3-12-9-10-13-7-5-6-8-15(16-4-2)14(13)11-12/h9-11,15-16H,3-8H2,1-2H3. The van der Waals surface area contributed by atoms with E-state index in [1.54, 1.807) is 11.1 Å². The molecule has 1 aliphatic rings. The van der Waals surface area contributed by atoms with Crippen LogP contribution in [0.25, 0.3) is 0 Å². The molecule has 0 saturated carbocycles. The first-order chi connectivity index (χ1) is 7.85. The highest BCUT2D eigenvalue weighted by Crippen LogP contribution is 2.29. The van der Waals surface area contributed by atoms with Gasteiger partial charge in [-0.2, -0.15) is 0 Å². The number of aryl methyl sites for hydroxylation is 2. The highest BCUT2D eigenvalue weighted by molar-refractivity contribution is 5.35. The smallest absolute Gasteiger partial charge is 0.0322 e. The Kier molecular flexibility index (Phi) is 4.00. The second kappa shape index (κ2) is 5.49. The molecule has 0 aromatic heterocycles. The van der Waals surface area contributed by atoms with E-state index in [1.165, 1.54) is 31.2 Å². The third kappa shape index (κ3) is 2.46. The highest BCUT2D eigenvalue weighted by atomic mass is 14.9. The lowest BCUT2D eigenvalue weighted by Gasteiger charge is -2.19. The molecule has 1 nitrogen and oxygen atoms in total. The summed E-state index contributed by atoms with van der Waals surface area (Å²) < 4.78 is 0. The van der Waals surface area contributed by atoms with E-state index in [0.29, 0.717) is 6.04 Å². The quantitative estimate of drug-likeness (QED) is 0.762. The maximum Gasteiger partial charge on any atom is 0.0322 e. The fraction of sp³-hybridized carbons (Fsp3) is 0.600. The van der Waals surface area contributed by atoms with Gasteiger partial charge in [0.25, 0.3) is 0 Å². The number of fused-ring (bicyclic) bond motifs is 1. The fourth-order valence-electron chi connectivity index (χ4n) is 2.69. The topological polar surface area (TPSA) is 12.0 Å². The summed E-state index contributed by atoms with van der Waals surface area (Å²) >= 11 is 0. The molecule has 1 aliphatic carbocycles. The van der Waals surface area contributed by atoms with E-state index in [1.807, 2.05) is 0 Å². The van der Waals surface area contributed by atoms with Gasteiger partial charge in [0.05, 0.1) is 0 Å². The first kappa shape index (κ1) is 11.7. The van der Waals surface area contributed by atoms with E-state index >= 15 is 0 Å². The number of hydrogen-bond donors (Lipinski definition) is 1. The average molecular weight is 217 g/mol. The summed E-state index contributed by atoms with van der Waals surface area (Å²) in [6.45, 7) is 5.51. The normalized spacial score (nSPS) is 20.2. The molecule has 1 aromatic carbocycles. The lowest BCUT2D eigenvalue weighted by atomic mass is 9.96. The molecule has 16 heavy (non-hydrogen) atoms. The van der Waals surface area contributed by atoms with Crippen LogP contribution in [0.4, 0.5) is 0 Å². The van der Waals surface area contributed by atoms with Gasteiger partial charge in [0, 0.05) is 6.04 Å². The predicted molar refractivity (Wildman–Crippen MR) is 69.8 cm³/mol. The molecule has 0 saturated heterocycles. The molecular weight excluding hydrogens is 194 g/mol. The molecule has 1 unspecified atom stereocenters. The van der Waals surface area contributed by atoms with Crippen LogP contribution in [0.1, 0.15) is 55.8 Å². The summed E-state index contributed by atoms with van der Waals surface area (Å²) in [6, 6.07) is 7.67. The van der Waals surface area contributed by atoms with Crippen LogP contribution in [0.15, 0.2) is 18.2 Å². The molecule has 1 N–H and O–H groups in total. The molecule has 1 atom stereocenters. The Bertz CT molecular complexity index is 343. The van der Waals surface area contributed by atoms with E-state index in [9.17, 15) is 0 Å². The minimum atomic E-state index is 0.592. The number of hydrogen-bond acceptors (Lipinski definition) is 1. The van der Waals surface area contributed by atoms with Crippen LogP contribution >= 0.6 is 0 Å². The Morgan fingerprint density at radius 1 is 1.25 bits per heavy atom. The summed E-state index contributed by atoms with van der Waals surface area (Å²) in [4.78, 5) is 0. The van der Waals surface area contributed by atoms with Crippen LogP contribution < -0.4 is 5.32 Å². The molecule has 88 valence electrons. The van der Waals surface area contributed by atoms with Gasteiger partial charge in [-0.25, -0.2) is 0 Å². The number of nitrogens with one attached hydrogen (secondary N) is 1. The highest BCUT2D eigenvalue weighted by Gasteiger charge is 2.17. The molecule has 0 heterocycles. The molecule has 1 heteroatoms. The van der Waals surface area contributed by atoms with Crippen LogP contribution in [0.5, 0.6) is 0 Å². The zero-order valence-electron chi connectivity index (χ0n) is 10.6. The van der Waals surface area contributed by atoms with Gasteiger partial charge in [-0.05, 0) is 48.9 Å². The van der Waals surface area contributed by atoms with Crippen molar-refractivity contribution < 1.29 is 0 Å². The van der Waals surface area contributed by atoms with Crippen molar-refractivity contribution in [1.82, 2.24) is 5.32 Å². The van der Waals surface area contributed by atoms with Gasteiger partial charge >= 0.3 is 0 Å². The van der Waals surface area contributed by atoms with Gasteiger partial charge in [-0.3, -0.25) is 0 Å². The van der Waals surface area contributed by atoms with Crippen molar-refractivity contribution in [2.45, 2.75) is 52.0 Å². The van der Waals surface area contributed by atoms with Gasteiger partial charge in [-0.1, -0.05) is 38.5 Å². The van der Waals surface area contributed by atoms with Gasteiger partial charge in [0.15, 0.2) is 0 Å². The maximum atomic E-state index is 3.63. The molecular formula is C15H23N. The van der Waals surface area contributed by atoms with Gasteiger partial charge in [0.2, 0.25) is 0 Å². The maximum absolute atomic E-state index is 3.63. The van der Waals surface area contributed by atoms with Gasteiger partial charge in [0.1, 0.15) is 0 Å². The van der Waals surface area contributed by atoms with E-state index in [0.717, 1.165) is 13.0 Å². The summed E-state index contributed by atoms with van der Waals surface area (Å²) in [7, 11) is 0. The van der Waals surface area contributed by atoms with E-state index in [-0.39, 0.29) is 0 Å². The predicted octanol–water partition coefficient (Wildman–Crippen LogP) is 3.63. The molecule has 2 rings (SSSR count). The summed E-state index contributed by atoms with van der Waals surface area (Å²) in [5.74, 6) is 0. The van der Waals surface area contributed by atoms with Crippen LogP contribution in [-0.4, -0.2) is 6.54 Å². The van der Waals surface area contributed by atoms with Crippen molar-refractivity contribution in [1.29, 1.82) is 0 Å². The molecule has 0 aliphatic heterocycles. The third-order valence-corrected chi connectivity index (χ3v) is 3.63. The lowest BCUT2D eigenvalue weighted by Crippen LogP contribution is -2.21. The Hall–Kier alpha value is -0.820. The van der Waals surface area contributed by atoms with Crippen molar-refractivity contribution in [3.8, 4) is 0 Å². The van der Waals surface area contributed by atoms with Crippen molar-refractivity contribution >= 4 is 0 Å². The van der Waals surface area contributed by atoms with E-state index in [2.05, 4.69) is 37.4 Å². The summed E-state index contributed by atoms with van der Waals surface area (Å²) in [6.07, 6.45) is 6.41. The zero-order chi connectivity index (χ0) is 11.4. The second-order valence-corrected chi connectivity index (χ2v) is 4.74. The minimum absolute atomic E-state index is 0.592. The Morgan fingerprint density at radius 3 is 2.88 bits per heavy atom. The van der Waals surface area contributed by atoms with Crippen LogP contribution in [0, 0.1) is 0 Å². The molecule has 0 radical (unpaired) electrons. The van der Waals surface area contributed by atoms with Crippen LogP contribution in [0.3, 0.4) is 0 Å². The third-order valence-electron chi connectivity index (χ3n) is 3.63. The molecule has 0 amide bonds. The molecule has 0 bridgehead atoms. The second-order valence-electron chi connectivity index (χ2n) is 4.74. The monoisotopic (exact) mass is 217 g/mol. The first-order valence-corrected chi connectivity index (χ1v) is 6.70. The van der Waals surface area contributed by atoms with Crippen molar-refractivity contribution in [2.75, 3.05) is 6.54 Å². The Morgan fingerprint density at radius 2 is 2.12 bits per heavy atom. The summed E-state index contributed by atoms with van der Waals surface area (Å²) in [5.41, 5.74) is 4.61. The molecule has 0 fully saturated rings. The van der Waals surface area contributed by atoms with Crippen molar-refractivity contribution in [2.24, 2.45) is 0 Å². The van der Waals surface area contributed by atoms with Gasteiger partial charge in [-0.15, -0.1) is 0 Å². The lowest BCUT2D eigenvalue weighted by molar-refractivity contribution is 0.503. The van der Waals surface area contributed by atoms with Gasteiger partial charge < -0.3 is 5.32 Å². The fourth-order valence-corrected chi connectivity index (χ4v) is 2.69. The first-order valence-electron chi connectivity index (χ1n) is 6.70. The molecule has 0 spiro atoms. The average Bonchev–Trinajstić information content (AvgIpc) is 2.52. The van der Waals surface area contributed by atoms with Crippen molar-refractivity contribution in [3.63, 3.8) is 0 Å². The van der Waals surface area contributed by atoms with E-state index in [4.69, 9.17) is 0 Å². The molecule has 1 aromatic rings. The van der Waals surface area contributed by atoms with Crippen LogP contribution in [-0.2, 0) is 12.8 Å². The van der Waals surface area contributed by atoms with Crippen molar-refractivity contribution in [3.05, 3.63) is 34.9 Å².